The maximum absolute atomic E-state index is 12.8. The number of oxazole rings is 1. The third-order valence-electron chi connectivity index (χ3n) is 5.61. The molecule has 1 saturated heterocycles. The number of rotatable bonds is 8. The topological polar surface area (TPSA) is 75.9 Å². The molecule has 0 bridgehead atoms. The second kappa shape index (κ2) is 11.2. The number of nitrogens with zero attached hydrogens (tertiary/aromatic N) is 3. The van der Waals surface area contributed by atoms with Crippen LogP contribution in [-0.4, -0.2) is 52.4 Å². The summed E-state index contributed by atoms with van der Waals surface area (Å²) in [5.41, 5.74) is 1.31. The van der Waals surface area contributed by atoms with Crippen molar-refractivity contribution in [2.75, 3.05) is 19.7 Å². The Balaban J connectivity index is 1.59. The van der Waals surface area contributed by atoms with Crippen LogP contribution in [0.5, 0.6) is 0 Å². The lowest BCUT2D eigenvalue weighted by Crippen LogP contribution is -2.40. The molecule has 2 heterocycles. The molecule has 1 aliphatic heterocycles. The average Bonchev–Trinajstić information content (AvgIpc) is 3.24. The summed E-state index contributed by atoms with van der Waals surface area (Å²) in [7, 11) is 0. The summed E-state index contributed by atoms with van der Waals surface area (Å²) in [6.45, 7) is 8.43. The first-order valence-electron chi connectivity index (χ1n) is 10.9. The SMILES string of the molecule is CCOC(=O)C1CCN(C(=O)c2coc(CN(Cc3ccc(Cl)c(Cl)c3)C(C)C)n2)CC1. The summed E-state index contributed by atoms with van der Waals surface area (Å²) in [6.07, 6.45) is 2.60. The second-order valence-electron chi connectivity index (χ2n) is 8.19. The van der Waals surface area contributed by atoms with E-state index in [0.717, 1.165) is 5.56 Å². The highest BCUT2D eigenvalue weighted by Crippen LogP contribution is 2.24. The van der Waals surface area contributed by atoms with E-state index in [2.05, 4.69) is 23.7 Å². The van der Waals surface area contributed by atoms with Crippen molar-refractivity contribution in [1.82, 2.24) is 14.8 Å². The van der Waals surface area contributed by atoms with Gasteiger partial charge in [0.25, 0.3) is 5.91 Å². The molecular formula is C23H29Cl2N3O4. The highest BCUT2D eigenvalue weighted by Gasteiger charge is 2.30. The zero-order chi connectivity index (χ0) is 23.3. The van der Waals surface area contributed by atoms with E-state index in [4.69, 9.17) is 32.4 Å². The lowest BCUT2D eigenvalue weighted by Gasteiger charge is -2.30. The number of aromatic nitrogens is 1. The first kappa shape index (κ1) is 24.6. The van der Waals surface area contributed by atoms with E-state index >= 15 is 0 Å². The molecule has 2 aromatic rings. The van der Waals surface area contributed by atoms with Gasteiger partial charge in [-0.05, 0) is 51.3 Å². The molecule has 0 atom stereocenters. The van der Waals surface area contributed by atoms with Crippen molar-refractivity contribution >= 4 is 35.1 Å². The maximum atomic E-state index is 12.8. The number of benzene rings is 1. The summed E-state index contributed by atoms with van der Waals surface area (Å²) in [5.74, 6) is -0.0293. The first-order chi connectivity index (χ1) is 15.3. The van der Waals surface area contributed by atoms with Crippen LogP contribution >= 0.6 is 23.2 Å². The second-order valence-corrected chi connectivity index (χ2v) is 9.01. The van der Waals surface area contributed by atoms with Crippen LogP contribution in [0.2, 0.25) is 10.0 Å². The zero-order valence-electron chi connectivity index (χ0n) is 18.6. The monoisotopic (exact) mass is 481 g/mol. The predicted molar refractivity (Wildman–Crippen MR) is 123 cm³/mol. The quantitative estimate of drug-likeness (QED) is 0.503. The fourth-order valence-electron chi connectivity index (χ4n) is 3.69. The van der Waals surface area contributed by atoms with Crippen LogP contribution in [-0.2, 0) is 22.6 Å². The van der Waals surface area contributed by atoms with Crippen LogP contribution < -0.4 is 0 Å². The Morgan fingerprint density at radius 3 is 2.56 bits per heavy atom. The van der Waals surface area contributed by atoms with Crippen LogP contribution in [0.4, 0.5) is 0 Å². The molecule has 1 aliphatic rings. The van der Waals surface area contributed by atoms with Gasteiger partial charge in [0.05, 0.1) is 29.1 Å². The minimum absolute atomic E-state index is 0.146. The number of piperidine rings is 1. The average molecular weight is 482 g/mol. The Labute approximate surface area is 198 Å². The van der Waals surface area contributed by atoms with Crippen molar-refractivity contribution < 1.29 is 18.7 Å². The van der Waals surface area contributed by atoms with Crippen LogP contribution in [0, 0.1) is 5.92 Å². The number of amides is 1. The summed E-state index contributed by atoms with van der Waals surface area (Å²) in [5, 5.41) is 1.04. The zero-order valence-corrected chi connectivity index (χ0v) is 20.2. The number of halogens is 2. The van der Waals surface area contributed by atoms with Gasteiger partial charge in [-0.1, -0.05) is 29.3 Å². The van der Waals surface area contributed by atoms with Crippen molar-refractivity contribution in [2.45, 2.75) is 52.7 Å². The minimum Gasteiger partial charge on any atom is -0.466 e. The van der Waals surface area contributed by atoms with Gasteiger partial charge in [-0.3, -0.25) is 14.5 Å². The number of esters is 1. The van der Waals surface area contributed by atoms with Crippen molar-refractivity contribution in [3.8, 4) is 0 Å². The van der Waals surface area contributed by atoms with Gasteiger partial charge in [0, 0.05) is 25.7 Å². The normalized spacial score (nSPS) is 14.9. The first-order valence-corrected chi connectivity index (χ1v) is 11.6. The summed E-state index contributed by atoms with van der Waals surface area (Å²) >= 11 is 12.2. The third-order valence-corrected chi connectivity index (χ3v) is 6.35. The van der Waals surface area contributed by atoms with Gasteiger partial charge in [0.1, 0.15) is 6.26 Å². The molecule has 9 heteroatoms. The fraction of sp³-hybridized carbons (Fsp3) is 0.522. The summed E-state index contributed by atoms with van der Waals surface area (Å²) < 4.78 is 10.7. The molecule has 0 spiro atoms. The molecule has 1 aromatic carbocycles. The molecule has 0 unspecified atom stereocenters. The Bertz CT molecular complexity index is 939. The number of carbonyl (C=O) groups excluding carboxylic acids is 2. The molecule has 0 radical (unpaired) electrons. The predicted octanol–water partition coefficient (Wildman–Crippen LogP) is 4.81. The molecule has 174 valence electrons. The van der Waals surface area contributed by atoms with Gasteiger partial charge in [-0.25, -0.2) is 4.98 Å². The Hall–Kier alpha value is -2.09. The smallest absolute Gasteiger partial charge is 0.309 e. The summed E-state index contributed by atoms with van der Waals surface area (Å²) in [4.78, 5) is 33.1. The molecule has 32 heavy (non-hydrogen) atoms. The maximum Gasteiger partial charge on any atom is 0.309 e. The van der Waals surface area contributed by atoms with Crippen molar-refractivity contribution in [3.63, 3.8) is 0 Å². The molecule has 3 rings (SSSR count). The molecule has 1 fully saturated rings. The van der Waals surface area contributed by atoms with E-state index in [0.29, 0.717) is 61.6 Å². The Morgan fingerprint density at radius 2 is 1.94 bits per heavy atom. The number of hydrogen-bond acceptors (Lipinski definition) is 6. The van der Waals surface area contributed by atoms with Gasteiger partial charge in [0.15, 0.2) is 5.69 Å². The van der Waals surface area contributed by atoms with Crippen LogP contribution in [0.25, 0.3) is 0 Å². The van der Waals surface area contributed by atoms with E-state index in [1.165, 1.54) is 6.26 Å². The largest absolute Gasteiger partial charge is 0.466 e. The van der Waals surface area contributed by atoms with Crippen molar-refractivity contribution in [3.05, 3.63) is 51.7 Å². The van der Waals surface area contributed by atoms with E-state index in [9.17, 15) is 9.59 Å². The van der Waals surface area contributed by atoms with Gasteiger partial charge < -0.3 is 14.1 Å². The molecule has 1 amide bonds. The minimum atomic E-state index is -0.181. The molecular weight excluding hydrogens is 453 g/mol. The van der Waals surface area contributed by atoms with Gasteiger partial charge in [-0.15, -0.1) is 0 Å². The van der Waals surface area contributed by atoms with Crippen LogP contribution in [0.3, 0.4) is 0 Å². The highest BCUT2D eigenvalue weighted by molar-refractivity contribution is 6.42. The van der Waals surface area contributed by atoms with E-state index < -0.39 is 0 Å². The molecule has 0 N–H and O–H groups in total. The van der Waals surface area contributed by atoms with Gasteiger partial charge >= 0.3 is 5.97 Å². The lowest BCUT2D eigenvalue weighted by atomic mass is 9.97. The number of ether oxygens (including phenoxy) is 1. The molecule has 1 aromatic heterocycles. The molecule has 0 saturated carbocycles. The molecule has 0 aliphatic carbocycles. The van der Waals surface area contributed by atoms with Crippen LogP contribution in [0.15, 0.2) is 28.9 Å². The number of carbonyl (C=O) groups is 2. The van der Waals surface area contributed by atoms with Crippen LogP contribution in [0.1, 0.15) is 55.6 Å². The fourth-order valence-corrected chi connectivity index (χ4v) is 4.01. The highest BCUT2D eigenvalue weighted by atomic mass is 35.5. The van der Waals surface area contributed by atoms with Gasteiger partial charge in [-0.2, -0.15) is 0 Å². The number of hydrogen-bond donors (Lipinski definition) is 0. The van der Waals surface area contributed by atoms with Crippen molar-refractivity contribution in [2.24, 2.45) is 5.92 Å². The standard InChI is InChI=1S/C23H29Cl2N3O4/c1-4-31-23(30)17-7-9-27(10-8-17)22(29)20-14-32-21(26-20)13-28(15(2)3)12-16-5-6-18(24)19(25)11-16/h5-6,11,14-15,17H,4,7-10,12-13H2,1-3H3. The third kappa shape index (κ3) is 6.24. The van der Waals surface area contributed by atoms with Gasteiger partial charge in [0.2, 0.25) is 5.89 Å². The van der Waals surface area contributed by atoms with E-state index in [-0.39, 0.29) is 29.5 Å². The number of likely N-dealkylation sites (tertiary alicyclic amines) is 1. The Morgan fingerprint density at radius 1 is 1.22 bits per heavy atom. The summed E-state index contributed by atoms with van der Waals surface area (Å²) in [6, 6.07) is 5.79. The van der Waals surface area contributed by atoms with E-state index in [1.807, 2.05) is 12.1 Å². The Kier molecular flexibility index (Phi) is 8.57. The van der Waals surface area contributed by atoms with E-state index in [1.54, 1.807) is 17.9 Å². The lowest BCUT2D eigenvalue weighted by molar-refractivity contribution is -0.149. The van der Waals surface area contributed by atoms with Crippen molar-refractivity contribution in [1.29, 1.82) is 0 Å². The molecule has 7 nitrogen and oxygen atoms in total.